The van der Waals surface area contributed by atoms with Gasteiger partial charge < -0.3 is 10.1 Å². The summed E-state index contributed by atoms with van der Waals surface area (Å²) in [6, 6.07) is 8.88. The molecule has 1 aromatic carbocycles. The van der Waals surface area contributed by atoms with Gasteiger partial charge in [0.2, 0.25) is 0 Å². The molecule has 1 N–H and O–H groups in total. The van der Waals surface area contributed by atoms with Crippen LogP contribution in [0.3, 0.4) is 0 Å². The summed E-state index contributed by atoms with van der Waals surface area (Å²) in [5.41, 5.74) is 1.05. The molecule has 24 heavy (non-hydrogen) atoms. The second-order valence-corrected chi connectivity index (χ2v) is 8.09. The van der Waals surface area contributed by atoms with Crippen LogP contribution in [0.2, 0.25) is 0 Å². The number of benzene rings is 1. The number of rotatable bonds is 5. The molecule has 2 heterocycles. The quantitative estimate of drug-likeness (QED) is 0.876. The number of hydrogen-bond acceptors (Lipinski definition) is 5. The zero-order valence-corrected chi connectivity index (χ0v) is 14.1. The third kappa shape index (κ3) is 3.43. The lowest BCUT2D eigenvalue weighted by Gasteiger charge is -2.09. The molecule has 1 saturated heterocycles. The summed E-state index contributed by atoms with van der Waals surface area (Å²) in [4.78, 5) is 12.2. The highest BCUT2D eigenvalue weighted by atomic mass is 32.2. The largest absolute Gasteiger partial charge is 0.497 e. The maximum atomic E-state index is 12.2. The molecule has 2 aromatic rings. The molecule has 0 aliphatic carbocycles. The monoisotopic (exact) mass is 349 g/mol. The van der Waals surface area contributed by atoms with Crippen molar-refractivity contribution in [2.75, 3.05) is 19.4 Å². The van der Waals surface area contributed by atoms with Gasteiger partial charge in [0.1, 0.15) is 5.75 Å². The normalized spacial score (nSPS) is 19.1. The van der Waals surface area contributed by atoms with E-state index in [1.165, 1.54) is 0 Å². The Hall–Kier alpha value is -2.35. The van der Waals surface area contributed by atoms with Crippen LogP contribution in [0.25, 0.3) is 5.69 Å². The van der Waals surface area contributed by atoms with Crippen molar-refractivity contribution < 1.29 is 17.9 Å². The van der Waals surface area contributed by atoms with Gasteiger partial charge in [-0.2, -0.15) is 5.10 Å². The van der Waals surface area contributed by atoms with Crippen LogP contribution in [0.4, 0.5) is 0 Å². The van der Waals surface area contributed by atoms with E-state index in [-0.39, 0.29) is 23.9 Å². The molecule has 128 valence electrons. The van der Waals surface area contributed by atoms with Crippen molar-refractivity contribution in [3.63, 3.8) is 0 Å². The number of nitrogens with one attached hydrogen (secondary N) is 1. The summed E-state index contributed by atoms with van der Waals surface area (Å²) >= 11 is 0. The molecule has 1 fully saturated rings. The van der Waals surface area contributed by atoms with Gasteiger partial charge in [-0.1, -0.05) is 0 Å². The Labute approximate surface area is 140 Å². The van der Waals surface area contributed by atoms with Gasteiger partial charge in [0.05, 0.1) is 23.8 Å². The number of amides is 1. The van der Waals surface area contributed by atoms with E-state index in [0.717, 1.165) is 11.4 Å². The van der Waals surface area contributed by atoms with Crippen molar-refractivity contribution in [1.82, 2.24) is 15.1 Å². The fourth-order valence-corrected chi connectivity index (χ4v) is 4.47. The number of sulfone groups is 1. The third-order valence-corrected chi connectivity index (χ3v) is 6.39. The second-order valence-electron chi connectivity index (χ2n) is 5.68. The van der Waals surface area contributed by atoms with Gasteiger partial charge in [0.25, 0.3) is 5.91 Å². The number of carbonyl (C=O) groups is 1. The van der Waals surface area contributed by atoms with E-state index in [2.05, 4.69) is 10.4 Å². The maximum Gasteiger partial charge on any atom is 0.271 e. The van der Waals surface area contributed by atoms with Gasteiger partial charge in [0.15, 0.2) is 15.5 Å². The standard InChI is InChI=1S/C16H19N3O4S/c1-23-13-6-4-12(5-7-13)19-9-8-15(18-19)16(20)17-11-14-3-2-10-24(14,21)22/h4-9,14H,2-3,10-11H2,1H3,(H,17,20). The lowest BCUT2D eigenvalue weighted by Crippen LogP contribution is -2.34. The minimum Gasteiger partial charge on any atom is -0.497 e. The van der Waals surface area contributed by atoms with Crippen LogP contribution in [0.5, 0.6) is 5.75 Å². The van der Waals surface area contributed by atoms with E-state index < -0.39 is 15.1 Å². The number of nitrogens with zero attached hydrogens (tertiary/aromatic N) is 2. The van der Waals surface area contributed by atoms with Crippen LogP contribution in [0.15, 0.2) is 36.5 Å². The fraction of sp³-hybridized carbons (Fsp3) is 0.375. The van der Waals surface area contributed by atoms with Crippen LogP contribution in [0.1, 0.15) is 23.3 Å². The first-order chi connectivity index (χ1) is 11.5. The lowest BCUT2D eigenvalue weighted by atomic mass is 10.2. The molecular weight excluding hydrogens is 330 g/mol. The summed E-state index contributed by atoms with van der Waals surface area (Å²) in [7, 11) is -1.47. The molecule has 7 nitrogen and oxygen atoms in total. The van der Waals surface area contributed by atoms with Crippen molar-refractivity contribution in [2.45, 2.75) is 18.1 Å². The Morgan fingerprint density at radius 1 is 1.33 bits per heavy atom. The first kappa shape index (κ1) is 16.5. The molecule has 0 spiro atoms. The summed E-state index contributed by atoms with van der Waals surface area (Å²) in [6.07, 6.45) is 2.95. The highest BCUT2D eigenvalue weighted by Gasteiger charge is 2.31. The molecule has 0 bridgehead atoms. The highest BCUT2D eigenvalue weighted by Crippen LogP contribution is 2.19. The van der Waals surface area contributed by atoms with Gasteiger partial charge in [-0.05, 0) is 43.2 Å². The fourth-order valence-electron chi connectivity index (χ4n) is 2.71. The van der Waals surface area contributed by atoms with Crippen molar-refractivity contribution >= 4 is 15.7 Å². The SMILES string of the molecule is COc1ccc(-n2ccc(C(=O)NCC3CCCS3(=O)=O)n2)cc1. The van der Waals surface area contributed by atoms with Gasteiger partial charge >= 0.3 is 0 Å². The Kier molecular flexibility index (Phi) is 4.57. The molecule has 1 aliphatic rings. The molecule has 3 rings (SSSR count). The van der Waals surface area contributed by atoms with Gasteiger partial charge in [0, 0.05) is 12.7 Å². The summed E-state index contributed by atoms with van der Waals surface area (Å²) < 4.78 is 30.2. The minimum atomic E-state index is -3.06. The smallest absolute Gasteiger partial charge is 0.271 e. The van der Waals surface area contributed by atoms with Gasteiger partial charge in [-0.3, -0.25) is 4.79 Å². The molecule has 0 radical (unpaired) electrons. The van der Waals surface area contributed by atoms with E-state index in [4.69, 9.17) is 4.74 Å². The van der Waals surface area contributed by atoms with Crippen molar-refractivity contribution in [2.24, 2.45) is 0 Å². The van der Waals surface area contributed by atoms with Crippen molar-refractivity contribution in [3.05, 3.63) is 42.2 Å². The van der Waals surface area contributed by atoms with Crippen LogP contribution in [-0.4, -0.2) is 48.8 Å². The predicted molar refractivity (Wildman–Crippen MR) is 89.3 cm³/mol. The van der Waals surface area contributed by atoms with Crippen molar-refractivity contribution in [1.29, 1.82) is 0 Å². The van der Waals surface area contributed by atoms with Gasteiger partial charge in [-0.15, -0.1) is 0 Å². The average Bonchev–Trinajstić information content (AvgIpc) is 3.19. The molecule has 1 atom stereocenters. The molecule has 1 aromatic heterocycles. The molecule has 8 heteroatoms. The van der Waals surface area contributed by atoms with Crippen LogP contribution in [0, 0.1) is 0 Å². The van der Waals surface area contributed by atoms with Crippen LogP contribution in [-0.2, 0) is 9.84 Å². The molecule has 1 unspecified atom stereocenters. The maximum absolute atomic E-state index is 12.2. The molecule has 1 amide bonds. The Balaban J connectivity index is 1.65. The van der Waals surface area contributed by atoms with Gasteiger partial charge in [-0.25, -0.2) is 13.1 Å². The summed E-state index contributed by atoms with van der Waals surface area (Å²) in [6.45, 7) is 0.135. The molecular formula is C16H19N3O4S. The first-order valence-corrected chi connectivity index (χ1v) is 9.41. The topological polar surface area (TPSA) is 90.3 Å². The first-order valence-electron chi connectivity index (χ1n) is 7.69. The van der Waals surface area contributed by atoms with E-state index in [1.807, 2.05) is 24.3 Å². The third-order valence-electron chi connectivity index (χ3n) is 4.11. The number of methoxy groups -OCH3 is 1. The Morgan fingerprint density at radius 2 is 2.08 bits per heavy atom. The van der Waals surface area contributed by atoms with Crippen molar-refractivity contribution in [3.8, 4) is 11.4 Å². The second kappa shape index (κ2) is 6.64. The highest BCUT2D eigenvalue weighted by molar-refractivity contribution is 7.92. The predicted octanol–water partition coefficient (Wildman–Crippen LogP) is 1.19. The van der Waals surface area contributed by atoms with Crippen LogP contribution >= 0.6 is 0 Å². The van der Waals surface area contributed by atoms with E-state index in [9.17, 15) is 13.2 Å². The van der Waals surface area contributed by atoms with Crippen LogP contribution < -0.4 is 10.1 Å². The molecule has 0 saturated carbocycles. The number of hydrogen-bond donors (Lipinski definition) is 1. The summed E-state index contributed by atoms with van der Waals surface area (Å²) in [5.74, 6) is 0.575. The Morgan fingerprint density at radius 3 is 2.71 bits per heavy atom. The van der Waals surface area contributed by atoms with E-state index >= 15 is 0 Å². The number of aromatic nitrogens is 2. The number of carbonyl (C=O) groups excluding carboxylic acids is 1. The molecule has 1 aliphatic heterocycles. The summed E-state index contributed by atoms with van der Waals surface area (Å²) in [5, 5.41) is 6.42. The minimum absolute atomic E-state index is 0.135. The van der Waals surface area contributed by atoms with E-state index in [1.54, 1.807) is 24.1 Å². The Bertz CT molecular complexity index is 827. The zero-order chi connectivity index (χ0) is 17.2. The average molecular weight is 349 g/mol. The number of ether oxygens (including phenoxy) is 1. The lowest BCUT2D eigenvalue weighted by molar-refractivity contribution is 0.0948. The van der Waals surface area contributed by atoms with E-state index in [0.29, 0.717) is 12.8 Å². The zero-order valence-electron chi connectivity index (χ0n) is 13.3.